The van der Waals surface area contributed by atoms with Crippen molar-refractivity contribution in [2.24, 2.45) is 5.92 Å². The average Bonchev–Trinajstić information content (AvgIpc) is 3.27. The molecular weight excluding hydrogens is 266 g/mol. The Labute approximate surface area is 126 Å². The first kappa shape index (κ1) is 15.8. The van der Waals surface area contributed by atoms with Gasteiger partial charge >= 0.3 is 0 Å². The molecule has 1 aliphatic carbocycles. The number of amides is 1. The Morgan fingerprint density at radius 3 is 2.57 bits per heavy atom. The maximum atomic E-state index is 11.6. The number of aliphatic hydroxyl groups is 1. The molecule has 21 heavy (non-hydrogen) atoms. The number of ether oxygens (including phenoxy) is 1. The number of benzene rings is 1. The fourth-order valence-corrected chi connectivity index (χ4v) is 2.20. The van der Waals surface area contributed by atoms with Gasteiger partial charge in [0, 0.05) is 13.0 Å². The van der Waals surface area contributed by atoms with Crippen molar-refractivity contribution >= 4 is 5.91 Å². The molecule has 1 unspecified atom stereocenters. The number of carbonyl (C=O) groups excluding carboxylic acids is 1. The van der Waals surface area contributed by atoms with Gasteiger partial charge in [0.05, 0.1) is 12.2 Å². The van der Waals surface area contributed by atoms with E-state index in [4.69, 9.17) is 4.74 Å². The maximum absolute atomic E-state index is 11.6. The van der Waals surface area contributed by atoms with Crippen LogP contribution in [0.2, 0.25) is 0 Å². The molecule has 1 atom stereocenters. The van der Waals surface area contributed by atoms with Gasteiger partial charge in [-0.15, -0.1) is 0 Å². The van der Waals surface area contributed by atoms with Gasteiger partial charge in [-0.1, -0.05) is 25.0 Å². The number of aliphatic hydroxyl groups excluding tert-OH is 1. The fourth-order valence-electron chi connectivity index (χ4n) is 2.20. The molecule has 0 saturated heterocycles. The Hall–Kier alpha value is -1.55. The third kappa shape index (κ3) is 5.76. The number of hydrogen-bond donors (Lipinski definition) is 2. The van der Waals surface area contributed by atoms with Crippen molar-refractivity contribution in [3.63, 3.8) is 0 Å². The van der Waals surface area contributed by atoms with E-state index in [9.17, 15) is 9.90 Å². The summed E-state index contributed by atoms with van der Waals surface area (Å²) >= 11 is 0. The topological polar surface area (TPSA) is 58.6 Å². The average molecular weight is 291 g/mol. The molecule has 0 radical (unpaired) electrons. The van der Waals surface area contributed by atoms with Crippen molar-refractivity contribution in [3.8, 4) is 5.75 Å². The van der Waals surface area contributed by atoms with Crippen molar-refractivity contribution in [3.05, 3.63) is 29.8 Å². The fraction of sp³-hybridized carbons (Fsp3) is 0.588. The maximum Gasteiger partial charge on any atom is 0.220 e. The summed E-state index contributed by atoms with van der Waals surface area (Å²) in [5.74, 6) is 1.57. The van der Waals surface area contributed by atoms with Gasteiger partial charge in [-0.05, 0) is 43.9 Å². The second-order valence-electron chi connectivity index (χ2n) is 6.04. The van der Waals surface area contributed by atoms with E-state index < -0.39 is 6.10 Å². The molecule has 116 valence electrons. The van der Waals surface area contributed by atoms with E-state index in [0.29, 0.717) is 6.42 Å². The quantitative estimate of drug-likeness (QED) is 0.774. The molecule has 4 nitrogen and oxygen atoms in total. The highest BCUT2D eigenvalue weighted by atomic mass is 16.5. The van der Waals surface area contributed by atoms with E-state index in [1.807, 2.05) is 38.1 Å². The molecule has 0 aromatic heterocycles. The molecule has 1 aromatic carbocycles. The summed E-state index contributed by atoms with van der Waals surface area (Å²) in [6, 6.07) is 7.35. The number of hydrogen-bond acceptors (Lipinski definition) is 3. The lowest BCUT2D eigenvalue weighted by Crippen LogP contribution is -2.28. The standard InChI is InChI=1S/C17H25NO3/c1-12(2)21-15-8-6-14(7-9-15)16(19)11-18-17(20)10-5-13-3-4-13/h6-9,12-13,16,19H,3-5,10-11H2,1-2H3,(H,18,20). The van der Waals surface area contributed by atoms with Crippen molar-refractivity contribution < 1.29 is 14.6 Å². The third-order valence-electron chi connectivity index (χ3n) is 3.61. The Morgan fingerprint density at radius 2 is 2.00 bits per heavy atom. The van der Waals surface area contributed by atoms with Crippen LogP contribution in [0.15, 0.2) is 24.3 Å². The summed E-state index contributed by atoms with van der Waals surface area (Å²) in [5, 5.41) is 12.9. The first-order valence-electron chi connectivity index (χ1n) is 7.76. The first-order chi connectivity index (χ1) is 10.0. The molecule has 4 heteroatoms. The molecule has 0 bridgehead atoms. The summed E-state index contributed by atoms with van der Waals surface area (Å²) in [7, 11) is 0. The van der Waals surface area contributed by atoms with Crippen LogP contribution in [-0.4, -0.2) is 23.7 Å². The van der Waals surface area contributed by atoms with Crippen LogP contribution < -0.4 is 10.1 Å². The Bertz CT molecular complexity index is 452. The smallest absolute Gasteiger partial charge is 0.220 e. The van der Waals surface area contributed by atoms with Gasteiger partial charge < -0.3 is 15.2 Å². The second-order valence-corrected chi connectivity index (χ2v) is 6.04. The van der Waals surface area contributed by atoms with Crippen LogP contribution in [0, 0.1) is 5.92 Å². The zero-order chi connectivity index (χ0) is 15.2. The van der Waals surface area contributed by atoms with E-state index in [1.54, 1.807) is 0 Å². The van der Waals surface area contributed by atoms with Crippen molar-refractivity contribution in [2.75, 3.05) is 6.54 Å². The number of rotatable bonds is 8. The van der Waals surface area contributed by atoms with Crippen LogP contribution in [0.1, 0.15) is 51.2 Å². The normalized spacial score (nSPS) is 15.8. The Kier molecular flexibility index (Phi) is 5.62. The summed E-state index contributed by atoms with van der Waals surface area (Å²) < 4.78 is 5.56. The van der Waals surface area contributed by atoms with Gasteiger partial charge in [0.25, 0.3) is 0 Å². The molecule has 0 aliphatic heterocycles. The predicted octanol–water partition coefficient (Wildman–Crippen LogP) is 2.81. The summed E-state index contributed by atoms with van der Waals surface area (Å²) in [6.45, 7) is 4.20. The van der Waals surface area contributed by atoms with Crippen LogP contribution >= 0.6 is 0 Å². The number of carbonyl (C=O) groups is 1. The molecule has 0 heterocycles. The van der Waals surface area contributed by atoms with E-state index >= 15 is 0 Å². The van der Waals surface area contributed by atoms with Crippen LogP contribution in [0.4, 0.5) is 0 Å². The van der Waals surface area contributed by atoms with Crippen LogP contribution in [-0.2, 0) is 4.79 Å². The van der Waals surface area contributed by atoms with Crippen molar-refractivity contribution in [1.29, 1.82) is 0 Å². The summed E-state index contributed by atoms with van der Waals surface area (Å²) in [6.07, 6.45) is 3.53. The van der Waals surface area contributed by atoms with Crippen LogP contribution in [0.3, 0.4) is 0 Å². The van der Waals surface area contributed by atoms with E-state index in [0.717, 1.165) is 23.7 Å². The molecule has 1 fully saturated rings. The minimum absolute atomic E-state index is 0.0284. The second kappa shape index (κ2) is 7.46. The lowest BCUT2D eigenvalue weighted by atomic mass is 10.1. The largest absolute Gasteiger partial charge is 0.491 e. The molecule has 1 aliphatic rings. The van der Waals surface area contributed by atoms with Gasteiger partial charge in [0.2, 0.25) is 5.91 Å². The van der Waals surface area contributed by atoms with Gasteiger partial charge in [-0.25, -0.2) is 0 Å². The van der Waals surface area contributed by atoms with Crippen LogP contribution in [0.25, 0.3) is 0 Å². The Morgan fingerprint density at radius 1 is 1.33 bits per heavy atom. The van der Waals surface area contributed by atoms with Gasteiger partial charge in [0.15, 0.2) is 0 Å². The molecule has 1 saturated carbocycles. The molecule has 0 spiro atoms. The summed E-state index contributed by atoms with van der Waals surface area (Å²) in [5.41, 5.74) is 0.786. The zero-order valence-electron chi connectivity index (χ0n) is 12.8. The van der Waals surface area contributed by atoms with Crippen molar-refractivity contribution in [1.82, 2.24) is 5.32 Å². The molecule has 1 amide bonds. The Balaban J connectivity index is 1.73. The SMILES string of the molecule is CC(C)Oc1ccc(C(O)CNC(=O)CCC2CC2)cc1. The zero-order valence-corrected chi connectivity index (χ0v) is 12.8. The van der Waals surface area contributed by atoms with Gasteiger partial charge in [-0.3, -0.25) is 4.79 Å². The molecule has 1 aromatic rings. The van der Waals surface area contributed by atoms with E-state index in [-0.39, 0.29) is 18.6 Å². The molecule has 2 N–H and O–H groups in total. The number of nitrogens with one attached hydrogen (secondary N) is 1. The molecular formula is C17H25NO3. The minimum atomic E-state index is -0.678. The highest BCUT2D eigenvalue weighted by Gasteiger charge is 2.21. The minimum Gasteiger partial charge on any atom is -0.491 e. The van der Waals surface area contributed by atoms with Gasteiger partial charge in [-0.2, -0.15) is 0 Å². The lowest BCUT2D eigenvalue weighted by Gasteiger charge is -2.14. The third-order valence-corrected chi connectivity index (χ3v) is 3.61. The van der Waals surface area contributed by atoms with E-state index in [2.05, 4.69) is 5.32 Å². The highest BCUT2D eigenvalue weighted by Crippen LogP contribution is 2.33. The summed E-state index contributed by atoms with van der Waals surface area (Å²) in [4.78, 5) is 11.6. The monoisotopic (exact) mass is 291 g/mol. The van der Waals surface area contributed by atoms with Crippen LogP contribution in [0.5, 0.6) is 5.75 Å². The first-order valence-corrected chi connectivity index (χ1v) is 7.76. The highest BCUT2D eigenvalue weighted by molar-refractivity contribution is 5.75. The predicted molar refractivity (Wildman–Crippen MR) is 82.1 cm³/mol. The van der Waals surface area contributed by atoms with Gasteiger partial charge in [0.1, 0.15) is 5.75 Å². The lowest BCUT2D eigenvalue weighted by molar-refractivity contribution is -0.121. The van der Waals surface area contributed by atoms with E-state index in [1.165, 1.54) is 12.8 Å². The molecule has 2 rings (SSSR count). The van der Waals surface area contributed by atoms with Crippen molar-refractivity contribution in [2.45, 2.75) is 51.7 Å².